The van der Waals surface area contributed by atoms with E-state index in [0.717, 1.165) is 3.57 Å². The molecule has 0 saturated heterocycles. The van der Waals surface area contributed by atoms with Crippen LogP contribution < -0.4 is 5.32 Å². The molecule has 1 aromatic rings. The van der Waals surface area contributed by atoms with E-state index in [0.29, 0.717) is 18.8 Å². The maximum Gasteiger partial charge on any atom is 0.225 e. The Bertz CT molecular complexity index is 340. The van der Waals surface area contributed by atoms with Crippen molar-refractivity contribution < 1.29 is 9.53 Å². The summed E-state index contributed by atoms with van der Waals surface area (Å²) in [5.74, 6) is 0.780. The van der Waals surface area contributed by atoms with Gasteiger partial charge in [0.2, 0.25) is 5.91 Å². The fourth-order valence-corrected chi connectivity index (χ4v) is 1.62. The number of hydrogen-bond acceptors (Lipinski definition) is 3. The quantitative estimate of drug-likeness (QED) is 0.841. The molecule has 1 amide bonds. The van der Waals surface area contributed by atoms with Crippen LogP contribution in [0.3, 0.4) is 0 Å². The molecule has 0 aliphatic carbocycles. The first kappa shape index (κ1) is 13.4. The second-order valence-corrected chi connectivity index (χ2v) is 4.92. The summed E-state index contributed by atoms with van der Waals surface area (Å²) < 4.78 is 6.02. The minimum Gasteiger partial charge on any atom is -0.384 e. The predicted molar refractivity (Wildman–Crippen MR) is 71.2 cm³/mol. The number of carbonyl (C=O) groups excluding carboxylic acids is 1. The lowest BCUT2D eigenvalue weighted by atomic mass is 10.1. The summed E-state index contributed by atoms with van der Waals surface area (Å²) in [5.41, 5.74) is 0. The van der Waals surface area contributed by atoms with Crippen LogP contribution in [0.2, 0.25) is 0 Å². The number of nitrogens with one attached hydrogen (secondary N) is 1. The van der Waals surface area contributed by atoms with Gasteiger partial charge in [-0.15, -0.1) is 0 Å². The van der Waals surface area contributed by atoms with Crippen molar-refractivity contribution in [3.05, 3.63) is 21.9 Å². The Kier molecular flexibility index (Phi) is 5.68. The maximum atomic E-state index is 11.6. The van der Waals surface area contributed by atoms with Gasteiger partial charge in [-0.3, -0.25) is 4.79 Å². The van der Waals surface area contributed by atoms with Crippen LogP contribution in [0.4, 0.5) is 5.82 Å². The van der Waals surface area contributed by atoms with Crippen LogP contribution in [0.5, 0.6) is 0 Å². The number of rotatable bonds is 5. The first-order valence-corrected chi connectivity index (χ1v) is 6.10. The maximum absolute atomic E-state index is 11.6. The van der Waals surface area contributed by atoms with Gasteiger partial charge in [0, 0.05) is 29.9 Å². The molecule has 1 heterocycles. The second kappa shape index (κ2) is 6.80. The summed E-state index contributed by atoms with van der Waals surface area (Å²) >= 11 is 2.17. The van der Waals surface area contributed by atoms with E-state index in [1.165, 1.54) is 0 Å². The smallest absolute Gasteiger partial charge is 0.225 e. The zero-order valence-electron chi connectivity index (χ0n) is 9.37. The molecule has 0 aliphatic heterocycles. The van der Waals surface area contributed by atoms with E-state index >= 15 is 0 Å². The molecule has 16 heavy (non-hydrogen) atoms. The Morgan fingerprint density at radius 3 is 2.94 bits per heavy atom. The molecule has 1 aromatic heterocycles. The molecular weight excluding hydrogens is 319 g/mol. The Hall–Kier alpha value is -0.690. The van der Waals surface area contributed by atoms with Crippen molar-refractivity contribution in [2.75, 3.05) is 19.0 Å². The molecule has 0 radical (unpaired) electrons. The minimum atomic E-state index is -0.0294. The standard InChI is InChI=1S/C11H15IN2O2/c1-8(7-16-2)5-11(15)14-10-4-3-9(12)6-13-10/h3-4,6,8H,5,7H2,1-2H3,(H,13,14,15). The van der Waals surface area contributed by atoms with E-state index in [-0.39, 0.29) is 11.8 Å². The van der Waals surface area contributed by atoms with Gasteiger partial charge in [0.25, 0.3) is 0 Å². The monoisotopic (exact) mass is 334 g/mol. The van der Waals surface area contributed by atoms with E-state index in [9.17, 15) is 4.79 Å². The molecule has 1 unspecified atom stereocenters. The molecule has 88 valence electrons. The van der Waals surface area contributed by atoms with Crippen molar-refractivity contribution in [2.24, 2.45) is 5.92 Å². The lowest BCUT2D eigenvalue weighted by Crippen LogP contribution is -2.18. The molecule has 5 heteroatoms. The third kappa shape index (κ3) is 4.89. The van der Waals surface area contributed by atoms with Crippen LogP contribution in [-0.4, -0.2) is 24.6 Å². The Morgan fingerprint density at radius 2 is 2.38 bits per heavy atom. The van der Waals surface area contributed by atoms with Gasteiger partial charge in [-0.1, -0.05) is 6.92 Å². The molecule has 1 rings (SSSR count). The van der Waals surface area contributed by atoms with Gasteiger partial charge in [-0.25, -0.2) is 4.98 Å². The van der Waals surface area contributed by atoms with Crippen LogP contribution in [0.15, 0.2) is 18.3 Å². The zero-order valence-corrected chi connectivity index (χ0v) is 11.5. The van der Waals surface area contributed by atoms with Crippen LogP contribution in [0.1, 0.15) is 13.3 Å². The number of pyridine rings is 1. The van der Waals surface area contributed by atoms with E-state index < -0.39 is 0 Å². The second-order valence-electron chi connectivity index (χ2n) is 3.67. The summed E-state index contributed by atoms with van der Waals surface area (Å²) in [6.07, 6.45) is 2.16. The number of amides is 1. The molecule has 0 bridgehead atoms. The molecule has 0 aromatic carbocycles. The lowest BCUT2D eigenvalue weighted by molar-refractivity contribution is -0.117. The summed E-state index contributed by atoms with van der Waals surface area (Å²) in [5, 5.41) is 2.75. The van der Waals surface area contributed by atoms with Crippen LogP contribution in [0.25, 0.3) is 0 Å². The summed E-state index contributed by atoms with van der Waals surface area (Å²) in [7, 11) is 1.63. The summed E-state index contributed by atoms with van der Waals surface area (Å²) in [4.78, 5) is 15.7. The highest BCUT2D eigenvalue weighted by atomic mass is 127. The molecule has 1 N–H and O–H groups in total. The average Bonchev–Trinajstić information content (AvgIpc) is 2.21. The number of nitrogens with zero attached hydrogens (tertiary/aromatic N) is 1. The van der Waals surface area contributed by atoms with Gasteiger partial charge in [0.05, 0.1) is 0 Å². The molecule has 4 nitrogen and oxygen atoms in total. The van der Waals surface area contributed by atoms with E-state index in [2.05, 4.69) is 32.9 Å². The number of hydrogen-bond donors (Lipinski definition) is 1. The zero-order chi connectivity index (χ0) is 12.0. The van der Waals surface area contributed by atoms with Gasteiger partial charge in [-0.05, 0) is 40.6 Å². The van der Waals surface area contributed by atoms with Gasteiger partial charge < -0.3 is 10.1 Å². The van der Waals surface area contributed by atoms with Crippen LogP contribution in [-0.2, 0) is 9.53 Å². The number of halogens is 1. The molecule has 0 saturated carbocycles. The molecule has 0 fully saturated rings. The fourth-order valence-electron chi connectivity index (χ4n) is 1.30. The predicted octanol–water partition coefficient (Wildman–Crippen LogP) is 2.30. The third-order valence-corrected chi connectivity index (χ3v) is 2.62. The van der Waals surface area contributed by atoms with E-state index in [1.54, 1.807) is 19.4 Å². The molecule has 0 spiro atoms. The largest absolute Gasteiger partial charge is 0.384 e. The third-order valence-electron chi connectivity index (χ3n) is 1.98. The first-order valence-electron chi connectivity index (χ1n) is 5.02. The summed E-state index contributed by atoms with van der Waals surface area (Å²) in [6, 6.07) is 3.70. The lowest BCUT2D eigenvalue weighted by Gasteiger charge is -2.09. The number of aromatic nitrogens is 1. The highest BCUT2D eigenvalue weighted by Crippen LogP contribution is 2.09. The Morgan fingerprint density at radius 1 is 1.62 bits per heavy atom. The van der Waals surface area contributed by atoms with Crippen molar-refractivity contribution in [1.29, 1.82) is 0 Å². The highest BCUT2D eigenvalue weighted by Gasteiger charge is 2.09. The van der Waals surface area contributed by atoms with Crippen LogP contribution >= 0.6 is 22.6 Å². The normalized spacial score (nSPS) is 12.2. The van der Waals surface area contributed by atoms with Crippen molar-refractivity contribution in [2.45, 2.75) is 13.3 Å². The van der Waals surface area contributed by atoms with E-state index in [4.69, 9.17) is 4.74 Å². The average molecular weight is 334 g/mol. The fraction of sp³-hybridized carbons (Fsp3) is 0.455. The van der Waals surface area contributed by atoms with Gasteiger partial charge in [-0.2, -0.15) is 0 Å². The molecular formula is C11H15IN2O2. The Labute approximate surface area is 109 Å². The van der Waals surface area contributed by atoms with Gasteiger partial charge >= 0.3 is 0 Å². The number of methoxy groups -OCH3 is 1. The van der Waals surface area contributed by atoms with Crippen LogP contribution in [0, 0.1) is 9.49 Å². The Balaban J connectivity index is 2.42. The SMILES string of the molecule is COCC(C)CC(=O)Nc1ccc(I)cn1. The highest BCUT2D eigenvalue weighted by molar-refractivity contribution is 14.1. The topological polar surface area (TPSA) is 51.2 Å². The van der Waals surface area contributed by atoms with Crippen molar-refractivity contribution in [1.82, 2.24) is 4.98 Å². The van der Waals surface area contributed by atoms with Crippen molar-refractivity contribution >= 4 is 34.3 Å². The van der Waals surface area contributed by atoms with Crippen molar-refractivity contribution in [3.8, 4) is 0 Å². The van der Waals surface area contributed by atoms with Gasteiger partial charge in [0.1, 0.15) is 5.82 Å². The molecule has 1 atom stereocenters. The number of anilines is 1. The number of carbonyl (C=O) groups is 1. The molecule has 0 aliphatic rings. The van der Waals surface area contributed by atoms with E-state index in [1.807, 2.05) is 13.0 Å². The first-order chi connectivity index (χ1) is 7.61. The minimum absolute atomic E-state index is 0.0294. The van der Waals surface area contributed by atoms with Gasteiger partial charge in [0.15, 0.2) is 0 Å². The van der Waals surface area contributed by atoms with Crippen molar-refractivity contribution in [3.63, 3.8) is 0 Å². The summed E-state index contributed by atoms with van der Waals surface area (Å²) in [6.45, 7) is 2.57. The number of ether oxygens (including phenoxy) is 1.